The van der Waals surface area contributed by atoms with Crippen molar-refractivity contribution in [3.8, 4) is 0 Å². The Hall–Kier alpha value is -1.22. The Bertz CT molecular complexity index is 620. The summed E-state index contributed by atoms with van der Waals surface area (Å²) in [6.07, 6.45) is 2.24. The smallest absolute Gasteiger partial charge is 0.250 e. The van der Waals surface area contributed by atoms with E-state index in [-0.39, 0.29) is 6.54 Å². The van der Waals surface area contributed by atoms with E-state index in [1.165, 1.54) is 17.6 Å². The molecular weight excluding hydrogens is 298 g/mol. The highest BCUT2D eigenvalue weighted by Crippen LogP contribution is 2.21. The van der Waals surface area contributed by atoms with E-state index in [9.17, 15) is 8.42 Å². The molecule has 0 atom stereocenters. The number of nitrogens with one attached hydrogen (secondary N) is 2. The number of aromatic nitrogens is 1. The van der Waals surface area contributed by atoms with Crippen LogP contribution in [0.3, 0.4) is 0 Å². The van der Waals surface area contributed by atoms with Gasteiger partial charge in [0.05, 0.1) is 12.2 Å². The van der Waals surface area contributed by atoms with E-state index in [0.717, 1.165) is 24.4 Å². The zero-order valence-corrected chi connectivity index (χ0v) is 12.8. The summed E-state index contributed by atoms with van der Waals surface area (Å²) in [4.78, 5) is 1.05. The Morgan fingerprint density at radius 1 is 1.35 bits per heavy atom. The van der Waals surface area contributed by atoms with Gasteiger partial charge in [-0.3, -0.25) is 0 Å². The Morgan fingerprint density at radius 2 is 2.20 bits per heavy atom. The van der Waals surface area contributed by atoms with E-state index in [1.54, 1.807) is 12.1 Å². The van der Waals surface area contributed by atoms with E-state index in [2.05, 4.69) is 19.7 Å². The molecule has 0 fully saturated rings. The van der Waals surface area contributed by atoms with E-state index < -0.39 is 10.0 Å². The average Bonchev–Trinajstić information content (AvgIpc) is 3.08. The molecule has 0 aliphatic rings. The van der Waals surface area contributed by atoms with E-state index in [0.29, 0.717) is 9.90 Å². The number of thiophene rings is 1. The molecule has 0 amide bonds. The molecule has 6 nitrogen and oxygen atoms in total. The van der Waals surface area contributed by atoms with Crippen LogP contribution in [0.5, 0.6) is 0 Å². The van der Waals surface area contributed by atoms with Gasteiger partial charge < -0.3 is 9.84 Å². The van der Waals surface area contributed by atoms with E-state index in [1.807, 2.05) is 13.0 Å². The molecule has 2 aromatic heterocycles. The highest BCUT2D eigenvalue weighted by molar-refractivity contribution is 7.91. The topological polar surface area (TPSA) is 84.2 Å². The zero-order valence-electron chi connectivity index (χ0n) is 11.1. The molecular formula is C12H17N3O3S2. The van der Waals surface area contributed by atoms with Crippen molar-refractivity contribution < 1.29 is 12.9 Å². The largest absolute Gasteiger partial charge is 0.364 e. The number of nitrogens with zero attached hydrogens (tertiary/aromatic N) is 1. The third kappa shape index (κ3) is 4.14. The van der Waals surface area contributed by atoms with Gasteiger partial charge in [0.1, 0.15) is 10.5 Å². The summed E-state index contributed by atoms with van der Waals surface area (Å²) in [5.74, 6) is 0. The van der Waals surface area contributed by atoms with Gasteiger partial charge in [-0.15, -0.1) is 11.3 Å². The lowest BCUT2D eigenvalue weighted by Crippen LogP contribution is -2.22. The minimum atomic E-state index is -3.48. The van der Waals surface area contributed by atoms with Crippen LogP contribution in [0.25, 0.3) is 0 Å². The lowest BCUT2D eigenvalue weighted by molar-refractivity contribution is 0.411. The van der Waals surface area contributed by atoms with Gasteiger partial charge in [0, 0.05) is 10.9 Å². The van der Waals surface area contributed by atoms with Crippen molar-refractivity contribution in [2.24, 2.45) is 0 Å². The predicted octanol–water partition coefficient (Wildman–Crippen LogP) is 1.37. The van der Waals surface area contributed by atoms with Gasteiger partial charge in [0.15, 0.2) is 0 Å². The minimum absolute atomic E-state index is 0.128. The Kier molecular flexibility index (Phi) is 5.30. The maximum absolute atomic E-state index is 12.1. The second-order valence-electron chi connectivity index (χ2n) is 4.14. The Morgan fingerprint density at radius 3 is 2.90 bits per heavy atom. The van der Waals surface area contributed by atoms with Gasteiger partial charge in [0.2, 0.25) is 10.0 Å². The van der Waals surface area contributed by atoms with Gasteiger partial charge in [-0.25, -0.2) is 13.1 Å². The molecule has 2 heterocycles. The molecule has 0 spiro atoms. The first-order valence-electron chi connectivity index (χ1n) is 6.30. The van der Waals surface area contributed by atoms with Crippen molar-refractivity contribution in [1.82, 2.24) is 15.2 Å². The monoisotopic (exact) mass is 315 g/mol. The first-order valence-corrected chi connectivity index (χ1v) is 8.60. The fourth-order valence-corrected chi connectivity index (χ4v) is 3.99. The minimum Gasteiger partial charge on any atom is -0.364 e. The van der Waals surface area contributed by atoms with Crippen LogP contribution in [0.1, 0.15) is 17.5 Å². The van der Waals surface area contributed by atoms with Crippen LogP contribution in [0, 0.1) is 0 Å². The fourth-order valence-electron chi connectivity index (χ4n) is 1.59. The molecule has 110 valence electrons. The fraction of sp³-hybridized carbons (Fsp3) is 0.417. The van der Waals surface area contributed by atoms with Crippen LogP contribution < -0.4 is 10.0 Å². The van der Waals surface area contributed by atoms with Crippen molar-refractivity contribution in [2.45, 2.75) is 24.1 Å². The molecule has 0 radical (unpaired) electrons. The maximum Gasteiger partial charge on any atom is 0.250 e. The molecule has 8 heteroatoms. The van der Waals surface area contributed by atoms with Gasteiger partial charge in [-0.05, 0) is 31.6 Å². The van der Waals surface area contributed by atoms with Crippen LogP contribution in [-0.4, -0.2) is 26.7 Å². The number of rotatable bonds is 8. The van der Waals surface area contributed by atoms with Gasteiger partial charge in [-0.1, -0.05) is 12.1 Å². The van der Waals surface area contributed by atoms with Gasteiger partial charge >= 0.3 is 0 Å². The first kappa shape index (κ1) is 15.2. The third-order valence-corrected chi connectivity index (χ3v) is 5.67. The summed E-state index contributed by atoms with van der Waals surface area (Å²) in [6.45, 7) is 3.93. The van der Waals surface area contributed by atoms with Crippen LogP contribution >= 0.6 is 11.3 Å². The summed E-state index contributed by atoms with van der Waals surface area (Å²) in [5.41, 5.74) is 0.553. The number of sulfonamides is 1. The standard InChI is InChI=1S/C12H17N3O3S2/c1-2-13-7-5-11-3-4-12(19-11)20(16,17)14-9-10-6-8-18-15-10/h3-4,6,8,13-14H,2,5,7,9H2,1H3. The molecule has 0 saturated heterocycles. The Balaban J connectivity index is 1.95. The predicted molar refractivity (Wildman–Crippen MR) is 77.1 cm³/mol. The van der Waals surface area contributed by atoms with Crippen molar-refractivity contribution in [3.63, 3.8) is 0 Å². The van der Waals surface area contributed by atoms with E-state index in [4.69, 9.17) is 0 Å². The number of hydrogen-bond donors (Lipinski definition) is 2. The molecule has 0 bridgehead atoms. The average molecular weight is 315 g/mol. The zero-order chi connectivity index (χ0) is 14.4. The molecule has 0 unspecified atom stereocenters. The molecule has 0 saturated carbocycles. The Labute approximate surface area is 122 Å². The quantitative estimate of drug-likeness (QED) is 0.719. The summed E-state index contributed by atoms with van der Waals surface area (Å²) in [5, 5.41) is 6.87. The molecule has 2 N–H and O–H groups in total. The first-order chi connectivity index (χ1) is 9.62. The van der Waals surface area contributed by atoms with Gasteiger partial charge in [-0.2, -0.15) is 0 Å². The highest BCUT2D eigenvalue weighted by atomic mass is 32.2. The molecule has 0 aromatic carbocycles. The maximum atomic E-state index is 12.1. The second kappa shape index (κ2) is 6.98. The van der Waals surface area contributed by atoms with Crippen LogP contribution in [0.15, 0.2) is 33.2 Å². The van der Waals surface area contributed by atoms with Gasteiger partial charge in [0.25, 0.3) is 0 Å². The van der Waals surface area contributed by atoms with Crippen molar-refractivity contribution in [1.29, 1.82) is 0 Å². The molecule has 0 aliphatic heterocycles. The lowest BCUT2D eigenvalue weighted by Gasteiger charge is -2.02. The van der Waals surface area contributed by atoms with Crippen molar-refractivity contribution in [3.05, 3.63) is 35.0 Å². The summed E-state index contributed by atoms with van der Waals surface area (Å²) < 4.78 is 31.7. The second-order valence-corrected chi connectivity index (χ2v) is 7.30. The molecule has 2 aromatic rings. The number of hydrogen-bond acceptors (Lipinski definition) is 6. The SMILES string of the molecule is CCNCCc1ccc(S(=O)(=O)NCc2ccon2)s1. The molecule has 0 aliphatic carbocycles. The summed E-state index contributed by atoms with van der Waals surface area (Å²) in [7, 11) is -3.48. The lowest BCUT2D eigenvalue weighted by atomic mass is 10.3. The molecule has 20 heavy (non-hydrogen) atoms. The van der Waals surface area contributed by atoms with E-state index >= 15 is 0 Å². The van der Waals surface area contributed by atoms with Crippen LogP contribution in [0.4, 0.5) is 0 Å². The summed E-state index contributed by atoms with van der Waals surface area (Å²) in [6, 6.07) is 5.11. The van der Waals surface area contributed by atoms with Crippen LogP contribution in [0.2, 0.25) is 0 Å². The normalized spacial score (nSPS) is 11.8. The highest BCUT2D eigenvalue weighted by Gasteiger charge is 2.16. The van der Waals surface area contributed by atoms with Crippen molar-refractivity contribution >= 4 is 21.4 Å². The number of likely N-dealkylation sites (N-methyl/N-ethyl adjacent to an activating group) is 1. The van der Waals surface area contributed by atoms with Crippen molar-refractivity contribution in [2.75, 3.05) is 13.1 Å². The molecule has 2 rings (SSSR count). The third-order valence-electron chi connectivity index (χ3n) is 2.63. The van der Waals surface area contributed by atoms with Crippen LogP contribution in [-0.2, 0) is 23.0 Å². The summed E-state index contributed by atoms with van der Waals surface area (Å²) >= 11 is 1.29.